The zero-order valence-electron chi connectivity index (χ0n) is 16.6. The molecule has 1 unspecified atom stereocenters. The van der Waals surface area contributed by atoms with Crippen molar-refractivity contribution in [3.63, 3.8) is 0 Å². The molecule has 0 radical (unpaired) electrons. The van der Waals surface area contributed by atoms with Crippen LogP contribution >= 0.6 is 24.8 Å². The molecule has 0 spiro atoms. The highest BCUT2D eigenvalue weighted by atomic mass is 35.5. The van der Waals surface area contributed by atoms with Gasteiger partial charge in [-0.3, -0.25) is 9.78 Å². The van der Waals surface area contributed by atoms with Crippen LogP contribution < -0.4 is 10.1 Å². The largest absolute Gasteiger partial charge is 0.490 e. The Labute approximate surface area is 188 Å². The molecule has 1 N–H and O–H groups in total. The number of carbonyl (C=O) groups excluding carboxylic acids is 1. The molecule has 0 aliphatic carbocycles. The zero-order valence-corrected chi connectivity index (χ0v) is 18.2. The lowest BCUT2D eigenvalue weighted by Gasteiger charge is -2.35. The molecule has 4 rings (SSSR count). The minimum absolute atomic E-state index is 0. The van der Waals surface area contributed by atoms with Crippen molar-refractivity contribution in [2.45, 2.75) is 13.0 Å². The van der Waals surface area contributed by atoms with E-state index in [4.69, 9.17) is 9.15 Å². The Balaban J connectivity index is 0.00000160. The summed E-state index contributed by atoms with van der Waals surface area (Å²) >= 11 is 0. The van der Waals surface area contributed by atoms with Gasteiger partial charge in [-0.05, 0) is 36.8 Å². The highest BCUT2D eigenvalue weighted by molar-refractivity contribution is 5.92. The van der Waals surface area contributed by atoms with E-state index in [2.05, 4.69) is 10.3 Å². The first-order valence-corrected chi connectivity index (χ1v) is 9.43. The van der Waals surface area contributed by atoms with Crippen molar-refractivity contribution in [3.8, 4) is 17.1 Å². The van der Waals surface area contributed by atoms with Crippen molar-refractivity contribution in [1.29, 1.82) is 0 Å². The normalized spacial score (nSPS) is 15.6. The Hall–Kier alpha value is -2.54. The molecule has 1 atom stereocenters. The number of rotatable bonds is 5. The second kappa shape index (κ2) is 11.0. The van der Waals surface area contributed by atoms with Crippen LogP contribution in [0.1, 0.15) is 16.1 Å². The van der Waals surface area contributed by atoms with Gasteiger partial charge in [0, 0.05) is 31.4 Å². The maximum absolute atomic E-state index is 13.1. The van der Waals surface area contributed by atoms with Gasteiger partial charge in [0.25, 0.3) is 5.91 Å². The summed E-state index contributed by atoms with van der Waals surface area (Å²) in [6.45, 7) is 4.47. The van der Waals surface area contributed by atoms with Gasteiger partial charge in [-0.15, -0.1) is 24.8 Å². The molecule has 6 nitrogen and oxygen atoms in total. The number of benzene rings is 1. The highest BCUT2D eigenvalue weighted by Gasteiger charge is 2.30. The van der Waals surface area contributed by atoms with Crippen LogP contribution in [0.4, 0.5) is 0 Å². The number of aryl methyl sites for hydroxylation is 1. The maximum atomic E-state index is 13.1. The monoisotopic (exact) mass is 449 g/mol. The van der Waals surface area contributed by atoms with Crippen molar-refractivity contribution in [3.05, 3.63) is 72.2 Å². The first-order valence-electron chi connectivity index (χ1n) is 9.43. The molecule has 8 heteroatoms. The van der Waals surface area contributed by atoms with E-state index in [-0.39, 0.29) is 36.8 Å². The summed E-state index contributed by atoms with van der Waals surface area (Å²) in [5, 5.41) is 3.33. The number of amides is 1. The molecule has 3 heterocycles. The van der Waals surface area contributed by atoms with Gasteiger partial charge in [-0.25, -0.2) is 0 Å². The Morgan fingerprint density at radius 2 is 2.03 bits per heavy atom. The summed E-state index contributed by atoms with van der Waals surface area (Å²) in [4.78, 5) is 19.0. The molecule has 1 fully saturated rings. The van der Waals surface area contributed by atoms with Gasteiger partial charge in [-0.2, -0.15) is 0 Å². The number of carbonyl (C=O) groups is 1. The third-order valence-corrected chi connectivity index (χ3v) is 4.92. The third kappa shape index (κ3) is 5.33. The van der Waals surface area contributed by atoms with Crippen molar-refractivity contribution < 1.29 is 13.9 Å². The smallest absolute Gasteiger partial charge is 0.290 e. The molecule has 160 valence electrons. The summed E-state index contributed by atoms with van der Waals surface area (Å²) in [6.07, 6.45) is 3.37. The number of pyridine rings is 1. The van der Waals surface area contributed by atoms with Crippen LogP contribution in [0.3, 0.4) is 0 Å². The van der Waals surface area contributed by atoms with Gasteiger partial charge in [0.2, 0.25) is 0 Å². The van der Waals surface area contributed by atoms with Gasteiger partial charge in [0.1, 0.15) is 18.1 Å². The number of ether oxygens (including phenoxy) is 1. The molecular formula is C22H25Cl2N3O3. The summed E-state index contributed by atoms with van der Waals surface area (Å²) < 4.78 is 11.7. The predicted octanol–water partition coefficient (Wildman–Crippen LogP) is 3.99. The fourth-order valence-corrected chi connectivity index (χ4v) is 3.39. The Kier molecular flexibility index (Phi) is 8.72. The van der Waals surface area contributed by atoms with E-state index in [0.717, 1.165) is 17.7 Å². The molecule has 3 aromatic rings. The molecule has 30 heavy (non-hydrogen) atoms. The molecule has 0 bridgehead atoms. The standard InChI is InChI=1S/C22H23N3O3.2ClH/c1-16-5-2-3-7-19(16)20-8-9-21(28-20)22(26)25-12-11-24-13-17(25)15-27-18-6-4-10-23-14-18;;/h2-10,14,17,24H,11-13,15H2,1H3;2*1H. The summed E-state index contributed by atoms with van der Waals surface area (Å²) in [5.74, 6) is 1.65. The fourth-order valence-electron chi connectivity index (χ4n) is 3.39. The van der Waals surface area contributed by atoms with Crippen LogP contribution in [0.15, 0.2) is 65.3 Å². The number of nitrogens with zero attached hydrogens (tertiary/aromatic N) is 2. The number of hydrogen-bond acceptors (Lipinski definition) is 5. The minimum Gasteiger partial charge on any atom is -0.490 e. The first-order chi connectivity index (χ1) is 13.7. The Morgan fingerprint density at radius 1 is 1.20 bits per heavy atom. The lowest BCUT2D eigenvalue weighted by atomic mass is 10.1. The number of nitrogens with one attached hydrogen (secondary N) is 1. The Morgan fingerprint density at radius 3 is 2.80 bits per heavy atom. The van der Waals surface area contributed by atoms with Crippen LogP contribution in [0.2, 0.25) is 0 Å². The second-order valence-electron chi connectivity index (χ2n) is 6.84. The third-order valence-electron chi connectivity index (χ3n) is 4.92. The Bertz CT molecular complexity index is 950. The summed E-state index contributed by atoms with van der Waals surface area (Å²) in [6, 6.07) is 15.2. The number of hydrogen-bond donors (Lipinski definition) is 1. The number of piperazine rings is 1. The number of aromatic nitrogens is 1. The topological polar surface area (TPSA) is 67.6 Å². The van der Waals surface area contributed by atoms with Crippen molar-refractivity contribution in [1.82, 2.24) is 15.2 Å². The molecule has 1 amide bonds. The maximum Gasteiger partial charge on any atom is 0.290 e. The average molecular weight is 450 g/mol. The van der Waals surface area contributed by atoms with Crippen molar-refractivity contribution in [2.24, 2.45) is 0 Å². The van der Waals surface area contributed by atoms with Gasteiger partial charge >= 0.3 is 0 Å². The highest BCUT2D eigenvalue weighted by Crippen LogP contribution is 2.26. The van der Waals surface area contributed by atoms with Crippen LogP contribution in [-0.4, -0.2) is 48.1 Å². The molecule has 1 aromatic carbocycles. The lowest BCUT2D eigenvalue weighted by Crippen LogP contribution is -2.55. The fraction of sp³-hybridized carbons (Fsp3) is 0.273. The van der Waals surface area contributed by atoms with Crippen molar-refractivity contribution >= 4 is 30.7 Å². The van der Waals surface area contributed by atoms with Crippen LogP contribution in [0.5, 0.6) is 5.75 Å². The lowest BCUT2D eigenvalue weighted by molar-refractivity contribution is 0.0529. The van der Waals surface area contributed by atoms with Crippen LogP contribution in [0.25, 0.3) is 11.3 Å². The number of furan rings is 1. The van der Waals surface area contributed by atoms with Gasteiger partial charge in [0.05, 0.1) is 12.2 Å². The van der Waals surface area contributed by atoms with Crippen LogP contribution in [-0.2, 0) is 0 Å². The molecule has 2 aromatic heterocycles. The first kappa shape index (κ1) is 23.7. The van der Waals surface area contributed by atoms with E-state index < -0.39 is 0 Å². The minimum atomic E-state index is -0.110. The second-order valence-corrected chi connectivity index (χ2v) is 6.84. The average Bonchev–Trinajstić information content (AvgIpc) is 3.23. The zero-order chi connectivity index (χ0) is 19.3. The van der Waals surface area contributed by atoms with E-state index in [1.807, 2.05) is 54.3 Å². The number of halogens is 2. The van der Waals surface area contributed by atoms with E-state index >= 15 is 0 Å². The predicted molar refractivity (Wildman–Crippen MR) is 121 cm³/mol. The summed E-state index contributed by atoms with van der Waals surface area (Å²) in [5.41, 5.74) is 2.11. The van der Waals surface area contributed by atoms with E-state index in [1.54, 1.807) is 18.5 Å². The molecule has 1 saturated heterocycles. The summed E-state index contributed by atoms with van der Waals surface area (Å²) in [7, 11) is 0. The van der Waals surface area contributed by atoms with E-state index in [0.29, 0.717) is 37.0 Å². The quantitative estimate of drug-likeness (QED) is 0.637. The molecule has 1 aliphatic rings. The molecule has 1 aliphatic heterocycles. The molecular weight excluding hydrogens is 425 g/mol. The van der Waals surface area contributed by atoms with Crippen molar-refractivity contribution in [2.75, 3.05) is 26.2 Å². The van der Waals surface area contributed by atoms with E-state index in [9.17, 15) is 4.79 Å². The van der Waals surface area contributed by atoms with Gasteiger partial charge < -0.3 is 19.4 Å². The van der Waals surface area contributed by atoms with Gasteiger partial charge in [-0.1, -0.05) is 24.3 Å². The SMILES string of the molecule is Cc1ccccc1-c1ccc(C(=O)N2CCNCC2COc2cccnc2)o1.Cl.Cl. The van der Waals surface area contributed by atoms with Crippen LogP contribution in [0, 0.1) is 6.92 Å². The molecule has 0 saturated carbocycles. The van der Waals surface area contributed by atoms with Gasteiger partial charge in [0.15, 0.2) is 5.76 Å². The van der Waals surface area contributed by atoms with E-state index in [1.165, 1.54) is 0 Å².